The highest BCUT2D eigenvalue weighted by atomic mass is 16.5. The summed E-state index contributed by atoms with van der Waals surface area (Å²) in [6, 6.07) is 29.7. The van der Waals surface area contributed by atoms with Crippen LogP contribution in [0.3, 0.4) is 0 Å². The molecule has 0 aromatic heterocycles. The number of methoxy groups -OCH3 is 1. The Morgan fingerprint density at radius 3 is 1.95 bits per heavy atom. The van der Waals surface area contributed by atoms with Crippen molar-refractivity contribution >= 4 is 11.5 Å². The Bertz CT molecular complexity index is 1340. The van der Waals surface area contributed by atoms with Crippen LogP contribution in [0.2, 0.25) is 0 Å². The van der Waals surface area contributed by atoms with E-state index in [1.807, 2.05) is 0 Å². The Morgan fingerprint density at radius 1 is 0.756 bits per heavy atom. The summed E-state index contributed by atoms with van der Waals surface area (Å²) in [4.78, 5) is 18.4. The van der Waals surface area contributed by atoms with Crippen molar-refractivity contribution in [3.05, 3.63) is 107 Å². The van der Waals surface area contributed by atoms with Gasteiger partial charge < -0.3 is 9.64 Å². The number of fused-ring (bicyclic) bond motifs is 2. The van der Waals surface area contributed by atoms with Crippen LogP contribution in [0, 0.1) is 0 Å². The van der Waals surface area contributed by atoms with Gasteiger partial charge >= 0.3 is 0 Å². The van der Waals surface area contributed by atoms with E-state index in [1.165, 1.54) is 41.5 Å². The van der Waals surface area contributed by atoms with E-state index in [-0.39, 0.29) is 5.91 Å². The second kappa shape index (κ2) is 12.2. The lowest BCUT2D eigenvalue weighted by Crippen LogP contribution is -2.47. The molecule has 1 amide bonds. The number of rotatable bonds is 7. The molecule has 41 heavy (non-hydrogen) atoms. The van der Waals surface area contributed by atoms with Crippen LogP contribution >= 0.6 is 0 Å². The van der Waals surface area contributed by atoms with Crippen molar-refractivity contribution in [2.75, 3.05) is 13.7 Å². The van der Waals surface area contributed by atoms with Gasteiger partial charge in [-0.25, -0.2) is 0 Å². The van der Waals surface area contributed by atoms with Crippen LogP contribution in [-0.2, 0) is 6.42 Å². The van der Waals surface area contributed by atoms with E-state index < -0.39 is 0 Å². The minimum atomic E-state index is 0.174. The van der Waals surface area contributed by atoms with E-state index in [2.05, 4.69) is 103 Å². The first kappa shape index (κ1) is 27.8. The second-order valence-corrected chi connectivity index (χ2v) is 12.4. The van der Waals surface area contributed by atoms with Crippen LogP contribution in [-0.4, -0.2) is 53.5 Å². The highest BCUT2D eigenvalue weighted by Gasteiger charge is 2.39. The van der Waals surface area contributed by atoms with Crippen LogP contribution in [0.25, 0.3) is 5.57 Å². The SMILES string of the molecule is COc1ccc(CCN2C3CCC2CC(=C(c2ccccc2)c2ccc(C(=O)N4C(C)CCCC4C)cc2)C3)cc1. The summed E-state index contributed by atoms with van der Waals surface area (Å²) in [5.74, 6) is 1.09. The lowest BCUT2D eigenvalue weighted by molar-refractivity contribution is 0.0511. The predicted octanol–water partition coefficient (Wildman–Crippen LogP) is 7.77. The normalized spacial score (nSPS) is 24.4. The molecule has 4 unspecified atom stereocenters. The molecule has 0 spiro atoms. The third-order valence-electron chi connectivity index (χ3n) is 9.82. The molecule has 0 aliphatic carbocycles. The number of amides is 1. The zero-order valence-corrected chi connectivity index (χ0v) is 24.9. The molecule has 6 rings (SSSR count). The van der Waals surface area contributed by atoms with Crippen molar-refractivity contribution in [1.29, 1.82) is 0 Å². The molecule has 4 heteroatoms. The number of carbonyl (C=O) groups excluding carboxylic acids is 1. The van der Waals surface area contributed by atoms with E-state index in [4.69, 9.17) is 4.74 Å². The third kappa shape index (κ3) is 5.85. The monoisotopic (exact) mass is 548 g/mol. The van der Waals surface area contributed by atoms with Crippen LogP contribution in [0.5, 0.6) is 5.75 Å². The summed E-state index contributed by atoms with van der Waals surface area (Å²) < 4.78 is 5.33. The number of ether oxygens (including phenoxy) is 1. The van der Waals surface area contributed by atoms with E-state index >= 15 is 0 Å². The Hall–Kier alpha value is -3.37. The van der Waals surface area contributed by atoms with Crippen molar-refractivity contribution in [2.45, 2.75) is 89.4 Å². The van der Waals surface area contributed by atoms with Crippen LogP contribution in [0.15, 0.2) is 84.4 Å². The maximum atomic E-state index is 13.5. The molecule has 3 aromatic carbocycles. The Labute approximate surface area is 246 Å². The van der Waals surface area contributed by atoms with E-state index in [9.17, 15) is 4.79 Å². The first-order valence-corrected chi connectivity index (χ1v) is 15.6. The quantitative estimate of drug-likeness (QED) is 0.302. The van der Waals surface area contributed by atoms with Gasteiger partial charge in [0.2, 0.25) is 0 Å². The minimum Gasteiger partial charge on any atom is -0.497 e. The van der Waals surface area contributed by atoms with Crippen molar-refractivity contribution in [3.63, 3.8) is 0 Å². The molecule has 3 aromatic rings. The Kier molecular flexibility index (Phi) is 8.30. The molecule has 4 nitrogen and oxygen atoms in total. The van der Waals surface area contributed by atoms with E-state index in [0.29, 0.717) is 24.2 Å². The molecule has 3 aliphatic rings. The summed E-state index contributed by atoms with van der Waals surface area (Å²) in [5, 5.41) is 0. The zero-order chi connectivity index (χ0) is 28.3. The van der Waals surface area contributed by atoms with Crippen molar-refractivity contribution in [3.8, 4) is 5.75 Å². The molecule has 0 radical (unpaired) electrons. The number of benzene rings is 3. The number of hydrogen-bond acceptors (Lipinski definition) is 3. The van der Waals surface area contributed by atoms with Gasteiger partial charge in [-0.1, -0.05) is 60.2 Å². The average Bonchev–Trinajstić information content (AvgIpc) is 3.24. The van der Waals surface area contributed by atoms with Gasteiger partial charge in [-0.05, 0) is 112 Å². The smallest absolute Gasteiger partial charge is 0.254 e. The van der Waals surface area contributed by atoms with E-state index in [1.54, 1.807) is 12.7 Å². The standard InChI is InChI=1S/C37H44N2O2/c1-26-8-7-9-27(2)39(26)37(40)31-16-14-30(15-17-31)36(29-10-5-4-6-11-29)32-24-33-18-19-34(25-32)38(33)23-22-28-12-20-35(41-3)21-13-28/h4-6,10-17,20-21,26-27,33-34H,7-9,18-19,22-25H2,1-3H3. The molecule has 214 valence electrons. The fourth-order valence-electron chi connectivity index (χ4n) is 7.65. The first-order valence-electron chi connectivity index (χ1n) is 15.6. The van der Waals surface area contributed by atoms with Crippen LogP contribution in [0.4, 0.5) is 0 Å². The van der Waals surface area contributed by atoms with Gasteiger partial charge in [-0.3, -0.25) is 9.69 Å². The van der Waals surface area contributed by atoms with Gasteiger partial charge in [0, 0.05) is 36.3 Å². The molecule has 4 atom stereocenters. The number of carbonyl (C=O) groups is 1. The molecule has 0 N–H and O–H groups in total. The largest absolute Gasteiger partial charge is 0.497 e. The number of likely N-dealkylation sites (tertiary alicyclic amines) is 1. The maximum Gasteiger partial charge on any atom is 0.254 e. The molecular weight excluding hydrogens is 504 g/mol. The average molecular weight is 549 g/mol. The fourth-order valence-corrected chi connectivity index (χ4v) is 7.65. The molecular formula is C37H44N2O2. The first-order chi connectivity index (χ1) is 20.0. The summed E-state index contributed by atoms with van der Waals surface area (Å²) in [6.45, 7) is 5.49. The van der Waals surface area contributed by atoms with Gasteiger partial charge in [-0.2, -0.15) is 0 Å². The summed E-state index contributed by atoms with van der Waals surface area (Å²) >= 11 is 0. The Morgan fingerprint density at radius 2 is 1.34 bits per heavy atom. The Balaban J connectivity index is 1.23. The van der Waals surface area contributed by atoms with Crippen molar-refractivity contribution < 1.29 is 9.53 Å². The minimum absolute atomic E-state index is 0.174. The second-order valence-electron chi connectivity index (χ2n) is 12.4. The summed E-state index contributed by atoms with van der Waals surface area (Å²) in [5.41, 5.74) is 7.64. The summed E-state index contributed by atoms with van der Waals surface area (Å²) in [7, 11) is 1.72. The van der Waals surface area contributed by atoms with E-state index in [0.717, 1.165) is 50.0 Å². The summed E-state index contributed by atoms with van der Waals surface area (Å²) in [6.07, 6.45) is 9.26. The molecule has 2 bridgehead atoms. The highest BCUT2D eigenvalue weighted by Crippen LogP contribution is 2.43. The molecule has 3 heterocycles. The van der Waals surface area contributed by atoms with Gasteiger partial charge in [0.05, 0.1) is 7.11 Å². The van der Waals surface area contributed by atoms with Gasteiger partial charge in [-0.15, -0.1) is 0 Å². The van der Waals surface area contributed by atoms with Crippen LogP contribution < -0.4 is 4.74 Å². The highest BCUT2D eigenvalue weighted by molar-refractivity contribution is 5.95. The van der Waals surface area contributed by atoms with Crippen molar-refractivity contribution in [2.24, 2.45) is 0 Å². The van der Waals surface area contributed by atoms with Crippen LogP contribution in [0.1, 0.15) is 85.8 Å². The predicted molar refractivity (Wildman–Crippen MR) is 167 cm³/mol. The van der Waals surface area contributed by atoms with Crippen molar-refractivity contribution in [1.82, 2.24) is 9.80 Å². The lowest BCUT2D eigenvalue weighted by Gasteiger charge is -2.39. The zero-order valence-electron chi connectivity index (χ0n) is 24.9. The third-order valence-corrected chi connectivity index (χ3v) is 9.82. The lowest BCUT2D eigenvalue weighted by atomic mass is 9.85. The number of nitrogens with zero attached hydrogens (tertiary/aromatic N) is 2. The van der Waals surface area contributed by atoms with Gasteiger partial charge in [0.15, 0.2) is 0 Å². The topological polar surface area (TPSA) is 32.8 Å². The van der Waals surface area contributed by atoms with Gasteiger partial charge in [0.1, 0.15) is 5.75 Å². The number of piperidine rings is 2. The molecule has 3 fully saturated rings. The van der Waals surface area contributed by atoms with Gasteiger partial charge in [0.25, 0.3) is 5.91 Å². The maximum absolute atomic E-state index is 13.5. The fraction of sp³-hybridized carbons (Fsp3) is 0.432. The molecule has 0 saturated carbocycles. The molecule has 3 saturated heterocycles. The molecule has 3 aliphatic heterocycles. The number of hydrogen-bond donors (Lipinski definition) is 0.